The van der Waals surface area contributed by atoms with Crippen LogP contribution in [-0.2, 0) is 42.8 Å². The molecule has 4 heterocycles. The van der Waals surface area contributed by atoms with Crippen LogP contribution in [0.15, 0.2) is 33.7 Å². The predicted octanol–water partition coefficient (Wildman–Crippen LogP) is -0.663. The molecule has 1 aromatic heterocycles. The molecule has 0 bridgehead atoms. The maximum atomic E-state index is 13.1. The first-order valence-corrected chi connectivity index (χ1v) is 17.5. The van der Waals surface area contributed by atoms with Gasteiger partial charge in [-0.25, -0.2) is 9.59 Å². The molecule has 0 spiro atoms. The molecular formula is C33H49N5O14. The van der Waals surface area contributed by atoms with Gasteiger partial charge in [-0.15, -0.1) is 0 Å². The zero-order valence-corrected chi connectivity index (χ0v) is 29.4. The number of hydrogen-bond donors (Lipinski definition) is 6. The van der Waals surface area contributed by atoms with Crippen LogP contribution in [0.1, 0.15) is 77.9 Å². The summed E-state index contributed by atoms with van der Waals surface area (Å²) < 4.78 is 34.6. The third-order valence-electron chi connectivity index (χ3n) is 8.99. The summed E-state index contributed by atoms with van der Waals surface area (Å²) in [4.78, 5) is 78.2. The Morgan fingerprint density at radius 3 is 2.52 bits per heavy atom. The molecule has 3 amide bonds. The molecule has 0 aromatic carbocycles. The lowest BCUT2D eigenvalue weighted by molar-refractivity contribution is -0.241. The summed E-state index contributed by atoms with van der Waals surface area (Å²) in [5.41, 5.74) is 4.03. The summed E-state index contributed by atoms with van der Waals surface area (Å²) >= 11 is 0. The van der Waals surface area contributed by atoms with Crippen molar-refractivity contribution in [3.05, 3.63) is 44.9 Å². The van der Waals surface area contributed by atoms with Crippen LogP contribution in [0.2, 0.25) is 0 Å². The van der Waals surface area contributed by atoms with E-state index >= 15 is 0 Å². The van der Waals surface area contributed by atoms with Crippen molar-refractivity contribution in [1.29, 1.82) is 0 Å². The van der Waals surface area contributed by atoms with Crippen LogP contribution in [-0.4, -0.2) is 112 Å². The molecule has 52 heavy (non-hydrogen) atoms. The van der Waals surface area contributed by atoms with Crippen molar-refractivity contribution in [2.75, 3.05) is 13.7 Å². The summed E-state index contributed by atoms with van der Waals surface area (Å²) in [5.74, 6) is -3.01. The van der Waals surface area contributed by atoms with Gasteiger partial charge in [-0.1, -0.05) is 39.0 Å². The van der Waals surface area contributed by atoms with Gasteiger partial charge in [-0.3, -0.25) is 28.7 Å². The highest BCUT2D eigenvalue weighted by Gasteiger charge is 2.55. The molecule has 3 aliphatic heterocycles. The van der Waals surface area contributed by atoms with Crippen molar-refractivity contribution in [3.8, 4) is 0 Å². The first-order valence-electron chi connectivity index (χ1n) is 17.5. The van der Waals surface area contributed by atoms with Crippen LogP contribution < -0.4 is 27.6 Å². The summed E-state index contributed by atoms with van der Waals surface area (Å²) in [6.45, 7) is 3.98. The molecule has 10 atom stereocenters. The standard InChI is InChI=1S/C33H49N5O14/c1-4-5-6-7-8-9-15-48-33(46)52-26-23(47-3)24(50-30(26)38-14-13-21(40)37-32(38)45)25(27(34)42)51-31-22(41)19(39)16-20(49-31)29(44)36-18-12-10-11-17(2)35-28(18)43/h13-14,16-19,22-26,30-31,39,41H,4-12,15H2,1-3H3,(H2,34,42)(H,35,43)(H,36,44)(H,37,40,45)/t17-,18+,19+,22+,23-,24+,25-,26-,30-,31-/m1/s1. The van der Waals surface area contributed by atoms with E-state index in [1.165, 1.54) is 7.11 Å². The normalized spacial score (nSPS) is 29.5. The molecule has 2 fully saturated rings. The van der Waals surface area contributed by atoms with E-state index < -0.39 is 96.1 Å². The number of rotatable bonds is 16. The largest absolute Gasteiger partial charge is 0.508 e. The lowest BCUT2D eigenvalue weighted by atomic mass is 10.0. The van der Waals surface area contributed by atoms with Gasteiger partial charge in [0.25, 0.3) is 11.5 Å². The van der Waals surface area contributed by atoms with E-state index in [4.69, 9.17) is 34.2 Å². The van der Waals surface area contributed by atoms with Crippen LogP contribution in [0.25, 0.3) is 0 Å². The van der Waals surface area contributed by atoms with E-state index in [-0.39, 0.29) is 12.6 Å². The third-order valence-corrected chi connectivity index (χ3v) is 8.99. The number of aromatic amines is 1. The highest BCUT2D eigenvalue weighted by molar-refractivity contribution is 5.95. The average molecular weight is 740 g/mol. The highest BCUT2D eigenvalue weighted by Crippen LogP contribution is 2.36. The topological polar surface area (TPSA) is 269 Å². The first kappa shape index (κ1) is 40.5. The molecule has 1 aromatic rings. The Kier molecular flexibility index (Phi) is 14.8. The molecule has 19 heteroatoms. The third kappa shape index (κ3) is 10.4. The Morgan fingerprint density at radius 1 is 1.10 bits per heavy atom. The smallest absolute Gasteiger partial charge is 0.456 e. The van der Waals surface area contributed by atoms with E-state index in [1.54, 1.807) is 0 Å². The van der Waals surface area contributed by atoms with Crippen molar-refractivity contribution in [2.45, 2.75) is 133 Å². The SMILES string of the molecule is CCCCCCCCOC(=O)O[C@@H]1[C@H](OC)[C@@H]([C@@H](O[C@H]2OC(C(=O)N[C@H]3CCC[C@@H](C)NC3=O)=C[C@H](O)[C@@H]2O)C(N)=O)O[C@H]1n1ccc(=O)[nH]c1=O. The first-order chi connectivity index (χ1) is 24.8. The van der Waals surface area contributed by atoms with Gasteiger partial charge >= 0.3 is 11.8 Å². The van der Waals surface area contributed by atoms with Gasteiger partial charge in [0.1, 0.15) is 30.5 Å². The van der Waals surface area contributed by atoms with Gasteiger partial charge in [0.2, 0.25) is 18.1 Å². The van der Waals surface area contributed by atoms with E-state index in [0.717, 1.165) is 55.0 Å². The van der Waals surface area contributed by atoms with Crippen molar-refractivity contribution >= 4 is 23.9 Å². The molecule has 19 nitrogen and oxygen atoms in total. The second-order valence-electron chi connectivity index (χ2n) is 13.0. The van der Waals surface area contributed by atoms with E-state index in [2.05, 4.69) is 22.5 Å². The molecule has 2 saturated heterocycles. The van der Waals surface area contributed by atoms with Crippen LogP contribution in [0, 0.1) is 0 Å². The monoisotopic (exact) mass is 739 g/mol. The average Bonchev–Trinajstić information content (AvgIpc) is 3.35. The van der Waals surface area contributed by atoms with Gasteiger partial charge in [0.15, 0.2) is 24.2 Å². The van der Waals surface area contributed by atoms with Gasteiger partial charge in [-0.05, 0) is 38.7 Å². The minimum Gasteiger partial charge on any atom is -0.456 e. The van der Waals surface area contributed by atoms with Crippen LogP contribution in [0.3, 0.4) is 0 Å². The fourth-order valence-corrected chi connectivity index (χ4v) is 6.22. The maximum absolute atomic E-state index is 13.1. The van der Waals surface area contributed by atoms with Crippen LogP contribution in [0.5, 0.6) is 0 Å². The van der Waals surface area contributed by atoms with Crippen molar-refractivity contribution in [2.24, 2.45) is 5.73 Å². The van der Waals surface area contributed by atoms with E-state index in [9.17, 15) is 39.0 Å². The molecule has 3 aliphatic rings. The second kappa shape index (κ2) is 19.0. The fourth-order valence-electron chi connectivity index (χ4n) is 6.22. The Bertz CT molecular complexity index is 1550. The number of carbonyl (C=O) groups excluding carboxylic acids is 4. The van der Waals surface area contributed by atoms with Crippen molar-refractivity contribution < 1.29 is 57.8 Å². The molecule has 0 aliphatic carbocycles. The number of ether oxygens (including phenoxy) is 6. The van der Waals surface area contributed by atoms with Crippen molar-refractivity contribution in [3.63, 3.8) is 0 Å². The number of hydrogen-bond acceptors (Lipinski definition) is 14. The molecule has 0 radical (unpaired) electrons. The number of primary amides is 1. The molecule has 0 saturated carbocycles. The number of aliphatic hydroxyl groups excluding tert-OH is 2. The molecule has 7 N–H and O–H groups in total. The van der Waals surface area contributed by atoms with E-state index in [0.29, 0.717) is 25.7 Å². The lowest BCUT2D eigenvalue weighted by Crippen LogP contribution is -2.54. The van der Waals surface area contributed by atoms with Gasteiger partial charge in [0.05, 0.1) is 6.61 Å². The summed E-state index contributed by atoms with van der Waals surface area (Å²) in [6, 6.07) is 0.0273. The van der Waals surface area contributed by atoms with Crippen molar-refractivity contribution in [1.82, 2.24) is 20.2 Å². The van der Waals surface area contributed by atoms with Crippen LogP contribution in [0.4, 0.5) is 4.79 Å². The van der Waals surface area contributed by atoms with Gasteiger partial charge in [0, 0.05) is 25.4 Å². The Balaban J connectivity index is 1.52. The zero-order valence-electron chi connectivity index (χ0n) is 29.4. The summed E-state index contributed by atoms with van der Waals surface area (Å²) in [7, 11) is 1.19. The Hall–Kier alpha value is -4.30. The summed E-state index contributed by atoms with van der Waals surface area (Å²) in [5, 5.41) is 26.7. The summed E-state index contributed by atoms with van der Waals surface area (Å²) in [6.07, 6.45) is -5.17. The number of nitrogens with two attached hydrogens (primary N) is 1. The van der Waals surface area contributed by atoms with Gasteiger partial charge in [-0.2, -0.15) is 0 Å². The number of carbonyl (C=O) groups is 4. The number of aromatic nitrogens is 2. The zero-order chi connectivity index (χ0) is 37.9. The number of nitrogens with zero attached hydrogens (tertiary/aromatic N) is 1. The fraction of sp³-hybridized carbons (Fsp3) is 0.697. The maximum Gasteiger partial charge on any atom is 0.508 e. The number of H-pyrrole nitrogens is 1. The minimum atomic E-state index is -1.90. The molecular weight excluding hydrogens is 690 g/mol. The molecule has 4 rings (SSSR count). The highest BCUT2D eigenvalue weighted by atomic mass is 16.8. The lowest BCUT2D eigenvalue weighted by Gasteiger charge is -2.35. The predicted molar refractivity (Wildman–Crippen MR) is 178 cm³/mol. The van der Waals surface area contributed by atoms with Crippen LogP contribution >= 0.6 is 0 Å². The molecule has 290 valence electrons. The van der Waals surface area contributed by atoms with E-state index in [1.807, 2.05) is 6.92 Å². The quantitative estimate of drug-likeness (QED) is 0.0908. The molecule has 0 unspecified atom stereocenters. The Morgan fingerprint density at radius 2 is 1.83 bits per heavy atom. The number of methoxy groups -OCH3 is 1. The Labute approximate surface area is 299 Å². The number of amides is 3. The van der Waals surface area contributed by atoms with Gasteiger partial charge < -0.3 is 55.0 Å². The second-order valence-corrected chi connectivity index (χ2v) is 13.0. The number of aliphatic hydroxyl groups is 2. The number of nitrogens with one attached hydrogen (secondary N) is 3. The minimum absolute atomic E-state index is 0.0448. The number of unbranched alkanes of at least 4 members (excludes halogenated alkanes) is 5.